The fourth-order valence-electron chi connectivity index (χ4n) is 1.21. The minimum Gasteiger partial charge on any atom is -0.369 e. The van der Waals surface area contributed by atoms with Crippen LogP contribution in [-0.4, -0.2) is 14.5 Å². The van der Waals surface area contributed by atoms with Crippen LogP contribution in [0.25, 0.3) is 11.0 Å². The molecule has 68 valence electrons. The van der Waals surface area contributed by atoms with E-state index in [0.29, 0.717) is 16.9 Å². The van der Waals surface area contributed by atoms with Gasteiger partial charge in [0, 0.05) is 6.20 Å². The molecule has 2 heterocycles. The van der Waals surface area contributed by atoms with E-state index in [9.17, 15) is 4.79 Å². The average Bonchev–Trinajstić information content (AvgIpc) is 2.47. The molecule has 2 aromatic heterocycles. The molecule has 0 saturated heterocycles. The molecule has 0 fully saturated rings. The van der Waals surface area contributed by atoms with E-state index in [0.717, 1.165) is 0 Å². The summed E-state index contributed by atoms with van der Waals surface area (Å²) in [7, 11) is 0. The van der Waals surface area contributed by atoms with Crippen molar-refractivity contribution in [2.24, 2.45) is 0 Å². The molecule has 3 N–H and O–H groups in total. The number of thiol groups is 1. The van der Waals surface area contributed by atoms with Gasteiger partial charge in [0.05, 0.1) is 11.3 Å². The highest BCUT2D eigenvalue weighted by Crippen LogP contribution is 2.09. The zero-order valence-corrected chi connectivity index (χ0v) is 7.58. The lowest BCUT2D eigenvalue weighted by molar-refractivity contribution is 0.925. The molecule has 0 aliphatic carbocycles. The van der Waals surface area contributed by atoms with E-state index in [4.69, 9.17) is 5.73 Å². The third kappa shape index (κ3) is 1.19. The third-order valence-corrected chi connectivity index (χ3v) is 2.10. The first-order valence-electron chi connectivity index (χ1n) is 3.68. The van der Waals surface area contributed by atoms with Crippen LogP contribution in [0.2, 0.25) is 0 Å². The summed E-state index contributed by atoms with van der Waals surface area (Å²) in [6, 6.07) is 1.69. The van der Waals surface area contributed by atoms with Crippen LogP contribution in [0.3, 0.4) is 0 Å². The van der Waals surface area contributed by atoms with Crippen molar-refractivity contribution in [2.45, 2.75) is 5.88 Å². The lowest BCUT2D eigenvalue weighted by atomic mass is 10.4. The van der Waals surface area contributed by atoms with Crippen LogP contribution in [0, 0.1) is 0 Å². The number of aromatic amines is 1. The molecule has 0 aliphatic heterocycles. The first-order valence-corrected chi connectivity index (χ1v) is 4.31. The maximum Gasteiger partial charge on any atom is 0.261 e. The standard InChI is InChI=1S/C7H8N4OS/c8-7-9-5-4(6(12)10-7)1-2-11(5)3-13/h1-2,13H,3H2,(H3,8,9,10,12). The van der Waals surface area contributed by atoms with Gasteiger partial charge in [0.15, 0.2) is 0 Å². The third-order valence-electron chi connectivity index (χ3n) is 1.80. The van der Waals surface area contributed by atoms with Gasteiger partial charge in [-0.05, 0) is 6.07 Å². The predicted molar refractivity (Wildman–Crippen MR) is 53.8 cm³/mol. The fraction of sp³-hybridized carbons (Fsp3) is 0.143. The van der Waals surface area contributed by atoms with E-state index < -0.39 is 0 Å². The number of nitrogens with two attached hydrogens (primary N) is 1. The summed E-state index contributed by atoms with van der Waals surface area (Å²) in [5, 5.41) is 0.531. The van der Waals surface area contributed by atoms with Crippen LogP contribution in [0.4, 0.5) is 5.95 Å². The summed E-state index contributed by atoms with van der Waals surface area (Å²) < 4.78 is 1.74. The van der Waals surface area contributed by atoms with Gasteiger partial charge < -0.3 is 10.3 Å². The van der Waals surface area contributed by atoms with Crippen molar-refractivity contribution in [1.29, 1.82) is 0 Å². The van der Waals surface area contributed by atoms with Crippen LogP contribution in [0.5, 0.6) is 0 Å². The van der Waals surface area contributed by atoms with Crippen molar-refractivity contribution in [3.63, 3.8) is 0 Å². The maximum absolute atomic E-state index is 11.3. The number of hydrogen-bond acceptors (Lipinski definition) is 4. The second-order valence-electron chi connectivity index (χ2n) is 2.62. The highest BCUT2D eigenvalue weighted by molar-refractivity contribution is 7.79. The summed E-state index contributed by atoms with van der Waals surface area (Å²) in [6.45, 7) is 0. The van der Waals surface area contributed by atoms with Gasteiger partial charge >= 0.3 is 0 Å². The van der Waals surface area contributed by atoms with E-state index >= 15 is 0 Å². The van der Waals surface area contributed by atoms with Crippen LogP contribution >= 0.6 is 12.6 Å². The van der Waals surface area contributed by atoms with Gasteiger partial charge in [-0.25, -0.2) is 0 Å². The summed E-state index contributed by atoms with van der Waals surface area (Å²) in [5.41, 5.74) is 5.75. The fourth-order valence-corrected chi connectivity index (χ4v) is 1.43. The number of hydrogen-bond donors (Lipinski definition) is 3. The molecule has 2 aromatic rings. The van der Waals surface area contributed by atoms with Gasteiger partial charge in [0.2, 0.25) is 5.95 Å². The van der Waals surface area contributed by atoms with Crippen LogP contribution in [-0.2, 0) is 5.88 Å². The number of anilines is 1. The van der Waals surface area contributed by atoms with Crippen LogP contribution in [0.1, 0.15) is 0 Å². The Bertz CT molecular complexity index is 501. The Morgan fingerprint density at radius 2 is 2.46 bits per heavy atom. The van der Waals surface area contributed by atoms with Gasteiger partial charge in [0.1, 0.15) is 5.65 Å². The van der Waals surface area contributed by atoms with Crippen molar-refractivity contribution in [2.75, 3.05) is 5.73 Å². The van der Waals surface area contributed by atoms with Crippen LogP contribution in [0.15, 0.2) is 17.1 Å². The highest BCUT2D eigenvalue weighted by Gasteiger charge is 2.05. The van der Waals surface area contributed by atoms with Gasteiger partial charge in [-0.1, -0.05) is 0 Å². The molecule has 0 unspecified atom stereocenters. The molecule has 13 heavy (non-hydrogen) atoms. The van der Waals surface area contributed by atoms with Gasteiger partial charge in [0.25, 0.3) is 5.56 Å². The molecule has 0 spiro atoms. The van der Waals surface area contributed by atoms with Gasteiger partial charge in [-0.2, -0.15) is 17.6 Å². The molecule has 6 heteroatoms. The van der Waals surface area contributed by atoms with Crippen molar-refractivity contribution < 1.29 is 0 Å². The smallest absolute Gasteiger partial charge is 0.261 e. The predicted octanol–water partition coefficient (Wildman–Crippen LogP) is 0.194. The van der Waals surface area contributed by atoms with E-state index in [2.05, 4.69) is 22.6 Å². The van der Waals surface area contributed by atoms with E-state index in [1.807, 2.05) is 0 Å². The Morgan fingerprint density at radius 3 is 3.15 bits per heavy atom. The molecule has 0 saturated carbocycles. The highest BCUT2D eigenvalue weighted by atomic mass is 32.1. The quantitative estimate of drug-likeness (QED) is 0.570. The molecule has 0 aliphatic rings. The van der Waals surface area contributed by atoms with E-state index in [1.165, 1.54) is 0 Å². The van der Waals surface area contributed by atoms with Crippen molar-refractivity contribution in [3.8, 4) is 0 Å². The number of aromatic nitrogens is 3. The molecule has 5 nitrogen and oxygen atoms in total. The lowest BCUT2D eigenvalue weighted by Crippen LogP contribution is -2.11. The molecule has 0 bridgehead atoms. The number of H-pyrrole nitrogens is 1. The SMILES string of the molecule is Nc1nc2c(ccn2CS)c(=O)[nH]1. The molecule has 0 amide bonds. The Hall–Kier alpha value is -1.43. The summed E-state index contributed by atoms with van der Waals surface area (Å²) in [4.78, 5) is 17.7. The Kier molecular flexibility index (Phi) is 1.77. The van der Waals surface area contributed by atoms with Gasteiger partial charge in [-0.15, -0.1) is 0 Å². The lowest BCUT2D eigenvalue weighted by Gasteiger charge is -1.98. The topological polar surface area (TPSA) is 76.7 Å². The Morgan fingerprint density at radius 1 is 1.69 bits per heavy atom. The first kappa shape index (κ1) is 8.18. The summed E-state index contributed by atoms with van der Waals surface area (Å²) in [6.07, 6.45) is 1.75. The molecular formula is C7H8N4OS. The number of rotatable bonds is 1. The van der Waals surface area contributed by atoms with Crippen LogP contribution < -0.4 is 11.3 Å². The summed E-state index contributed by atoms with van der Waals surface area (Å²) >= 11 is 4.09. The van der Waals surface area contributed by atoms with Crippen molar-refractivity contribution >= 4 is 29.6 Å². The largest absolute Gasteiger partial charge is 0.369 e. The van der Waals surface area contributed by atoms with Crippen molar-refractivity contribution in [1.82, 2.24) is 14.5 Å². The Labute approximate surface area is 79.0 Å². The minimum atomic E-state index is -0.219. The minimum absolute atomic E-state index is 0.124. The second-order valence-corrected chi connectivity index (χ2v) is 2.90. The maximum atomic E-state index is 11.3. The molecule has 0 radical (unpaired) electrons. The molecular weight excluding hydrogens is 188 g/mol. The van der Waals surface area contributed by atoms with E-state index in [-0.39, 0.29) is 11.5 Å². The normalized spacial score (nSPS) is 10.8. The molecule has 2 rings (SSSR count). The van der Waals surface area contributed by atoms with Crippen molar-refractivity contribution in [3.05, 3.63) is 22.6 Å². The first-order chi connectivity index (χ1) is 6.22. The summed E-state index contributed by atoms with van der Waals surface area (Å²) in [5.74, 6) is 0.596. The Balaban J connectivity index is 2.90. The number of fused-ring (bicyclic) bond motifs is 1. The number of nitrogens with zero attached hydrogens (tertiary/aromatic N) is 2. The number of nitrogen functional groups attached to an aromatic ring is 1. The molecule has 0 aromatic carbocycles. The number of nitrogens with one attached hydrogen (secondary N) is 1. The molecule has 0 atom stereocenters. The second kappa shape index (κ2) is 2.81. The zero-order valence-electron chi connectivity index (χ0n) is 6.69. The zero-order chi connectivity index (χ0) is 9.42. The average molecular weight is 196 g/mol. The monoisotopic (exact) mass is 196 g/mol. The van der Waals surface area contributed by atoms with Gasteiger partial charge in [-0.3, -0.25) is 9.78 Å². The van der Waals surface area contributed by atoms with E-state index in [1.54, 1.807) is 16.8 Å².